The van der Waals surface area contributed by atoms with Crippen LogP contribution in [0, 0.1) is 5.21 Å². The molecule has 1 aromatic heterocycles. The Labute approximate surface area is 120 Å². The number of anilines is 1. The van der Waals surface area contributed by atoms with Gasteiger partial charge in [-0.25, -0.2) is 0 Å². The monoisotopic (exact) mass is 294 g/mol. The van der Waals surface area contributed by atoms with Crippen LogP contribution in [-0.4, -0.2) is 11.7 Å². The second-order valence-corrected chi connectivity index (χ2v) is 5.14. The van der Waals surface area contributed by atoms with Gasteiger partial charge in [-0.05, 0) is 36.0 Å². The average Bonchev–Trinajstić information content (AvgIpc) is 2.38. The lowest BCUT2D eigenvalue weighted by atomic mass is 10.3. The van der Waals surface area contributed by atoms with E-state index in [1.165, 1.54) is 18.0 Å². The van der Waals surface area contributed by atoms with E-state index in [4.69, 9.17) is 11.6 Å². The van der Waals surface area contributed by atoms with Gasteiger partial charge in [-0.1, -0.05) is 17.7 Å². The predicted octanol–water partition coefficient (Wildman–Crippen LogP) is 2.70. The van der Waals surface area contributed by atoms with E-state index in [9.17, 15) is 10.0 Å². The summed E-state index contributed by atoms with van der Waals surface area (Å²) in [5, 5.41) is 15.1. The molecule has 0 saturated carbocycles. The molecule has 0 saturated heterocycles. The van der Waals surface area contributed by atoms with Crippen LogP contribution in [0.3, 0.4) is 0 Å². The minimum absolute atomic E-state index is 0.165. The van der Waals surface area contributed by atoms with E-state index in [1.807, 2.05) is 0 Å². The molecule has 98 valence electrons. The molecule has 4 nitrogen and oxygen atoms in total. The van der Waals surface area contributed by atoms with Crippen LogP contribution in [0.25, 0.3) is 0 Å². The largest absolute Gasteiger partial charge is 0.618 e. The molecule has 0 aliphatic carbocycles. The SMILES string of the molecule is O=C(CSc1cccc[n+]1[O-])Nc1cccc(Cl)c1. The zero-order chi connectivity index (χ0) is 13.7. The first-order valence-electron chi connectivity index (χ1n) is 5.51. The lowest BCUT2D eigenvalue weighted by Crippen LogP contribution is -2.28. The molecule has 0 aliphatic heterocycles. The van der Waals surface area contributed by atoms with Crippen molar-refractivity contribution in [3.63, 3.8) is 0 Å². The summed E-state index contributed by atoms with van der Waals surface area (Å²) in [5.41, 5.74) is 0.640. The Morgan fingerprint density at radius 3 is 2.89 bits per heavy atom. The van der Waals surface area contributed by atoms with Crippen LogP contribution in [0.1, 0.15) is 0 Å². The number of rotatable bonds is 4. The fourth-order valence-corrected chi connectivity index (χ4v) is 2.33. The number of nitrogens with zero attached hydrogens (tertiary/aromatic N) is 1. The van der Waals surface area contributed by atoms with Crippen LogP contribution in [0.15, 0.2) is 53.7 Å². The summed E-state index contributed by atoms with van der Waals surface area (Å²) in [7, 11) is 0. The number of aromatic nitrogens is 1. The molecule has 1 N–H and O–H groups in total. The van der Waals surface area contributed by atoms with Gasteiger partial charge >= 0.3 is 0 Å². The van der Waals surface area contributed by atoms with Gasteiger partial charge in [0.1, 0.15) is 0 Å². The Hall–Kier alpha value is -1.72. The minimum atomic E-state index is -0.184. The number of carbonyl (C=O) groups excluding carboxylic acids is 1. The normalized spacial score (nSPS) is 10.2. The maximum atomic E-state index is 11.7. The summed E-state index contributed by atoms with van der Waals surface area (Å²) in [4.78, 5) is 11.7. The fraction of sp³-hybridized carbons (Fsp3) is 0.0769. The van der Waals surface area contributed by atoms with Gasteiger partial charge in [0.2, 0.25) is 5.91 Å². The van der Waals surface area contributed by atoms with Crippen molar-refractivity contribution in [3.05, 3.63) is 58.9 Å². The summed E-state index contributed by atoms with van der Waals surface area (Å²) in [6.45, 7) is 0. The van der Waals surface area contributed by atoms with Crippen molar-refractivity contribution in [1.29, 1.82) is 0 Å². The van der Waals surface area contributed by atoms with Crippen molar-refractivity contribution >= 4 is 35.0 Å². The van der Waals surface area contributed by atoms with Crippen molar-refractivity contribution in [2.24, 2.45) is 0 Å². The van der Waals surface area contributed by atoms with Crippen LogP contribution >= 0.6 is 23.4 Å². The van der Waals surface area contributed by atoms with Crippen LogP contribution < -0.4 is 10.0 Å². The predicted molar refractivity (Wildman–Crippen MR) is 76.2 cm³/mol. The number of carbonyl (C=O) groups is 1. The topological polar surface area (TPSA) is 56.0 Å². The Morgan fingerprint density at radius 2 is 2.16 bits per heavy atom. The number of pyridine rings is 1. The highest BCUT2D eigenvalue weighted by Crippen LogP contribution is 2.16. The lowest BCUT2D eigenvalue weighted by Gasteiger charge is -2.05. The van der Waals surface area contributed by atoms with Crippen LogP contribution in [0.5, 0.6) is 0 Å². The molecule has 0 aliphatic rings. The smallest absolute Gasteiger partial charge is 0.251 e. The van der Waals surface area contributed by atoms with E-state index in [2.05, 4.69) is 5.32 Å². The quantitative estimate of drug-likeness (QED) is 0.536. The fourth-order valence-electron chi connectivity index (χ4n) is 1.43. The third-order valence-corrected chi connectivity index (χ3v) is 3.50. The highest BCUT2D eigenvalue weighted by atomic mass is 35.5. The third kappa shape index (κ3) is 4.15. The van der Waals surface area contributed by atoms with Gasteiger partial charge in [0.25, 0.3) is 5.03 Å². The first-order valence-corrected chi connectivity index (χ1v) is 6.88. The van der Waals surface area contributed by atoms with Gasteiger partial charge in [0, 0.05) is 22.8 Å². The van der Waals surface area contributed by atoms with Crippen LogP contribution in [0.2, 0.25) is 5.02 Å². The number of amides is 1. The molecule has 1 amide bonds. The molecule has 2 rings (SSSR count). The molecule has 6 heteroatoms. The van der Waals surface area contributed by atoms with Gasteiger partial charge in [0.15, 0.2) is 6.20 Å². The molecule has 1 aromatic carbocycles. The summed E-state index contributed by atoms with van der Waals surface area (Å²) in [5.74, 6) is -0.0187. The first-order chi connectivity index (χ1) is 9.15. The molecular formula is C13H11ClN2O2S. The molecule has 0 bridgehead atoms. The van der Waals surface area contributed by atoms with Gasteiger partial charge in [0.05, 0.1) is 5.75 Å². The number of nitrogens with one attached hydrogen (secondary N) is 1. The Morgan fingerprint density at radius 1 is 1.32 bits per heavy atom. The molecule has 0 spiro atoms. The maximum absolute atomic E-state index is 11.7. The molecular weight excluding hydrogens is 284 g/mol. The number of benzene rings is 1. The highest BCUT2D eigenvalue weighted by molar-refractivity contribution is 7.99. The van der Waals surface area contributed by atoms with Crippen molar-refractivity contribution in [2.45, 2.75) is 5.03 Å². The highest BCUT2D eigenvalue weighted by Gasteiger charge is 2.09. The zero-order valence-corrected chi connectivity index (χ0v) is 11.4. The van der Waals surface area contributed by atoms with E-state index in [-0.39, 0.29) is 11.7 Å². The van der Waals surface area contributed by atoms with Gasteiger partial charge < -0.3 is 10.5 Å². The minimum Gasteiger partial charge on any atom is -0.618 e. The molecule has 1 heterocycles. The van der Waals surface area contributed by atoms with Gasteiger partial charge in [-0.15, -0.1) is 0 Å². The Bertz CT molecular complexity index is 592. The summed E-state index contributed by atoms with van der Waals surface area (Å²) >= 11 is 7.00. The summed E-state index contributed by atoms with van der Waals surface area (Å²) in [6, 6.07) is 12.0. The van der Waals surface area contributed by atoms with Crippen LogP contribution in [0.4, 0.5) is 5.69 Å². The molecule has 0 radical (unpaired) electrons. The standard InChI is InChI=1S/C13H11ClN2O2S/c14-10-4-3-5-11(8-10)15-12(17)9-19-13-6-1-2-7-16(13)18/h1-8H,9H2,(H,15,17). The molecule has 0 atom stereocenters. The lowest BCUT2D eigenvalue weighted by molar-refractivity contribution is -0.645. The van der Waals surface area contributed by atoms with Crippen LogP contribution in [-0.2, 0) is 4.79 Å². The summed E-state index contributed by atoms with van der Waals surface area (Å²) in [6.07, 6.45) is 1.40. The van der Waals surface area contributed by atoms with E-state index in [0.717, 1.165) is 4.73 Å². The van der Waals surface area contributed by atoms with Crippen molar-refractivity contribution in [3.8, 4) is 0 Å². The second kappa shape index (κ2) is 6.45. The van der Waals surface area contributed by atoms with E-state index in [0.29, 0.717) is 15.7 Å². The van der Waals surface area contributed by atoms with E-state index < -0.39 is 0 Å². The number of thioether (sulfide) groups is 1. The van der Waals surface area contributed by atoms with E-state index in [1.54, 1.807) is 42.5 Å². The third-order valence-electron chi connectivity index (χ3n) is 2.25. The van der Waals surface area contributed by atoms with E-state index >= 15 is 0 Å². The second-order valence-electron chi connectivity index (χ2n) is 3.71. The zero-order valence-electron chi connectivity index (χ0n) is 9.88. The average molecular weight is 295 g/mol. The number of halogens is 1. The molecule has 0 unspecified atom stereocenters. The van der Waals surface area contributed by atoms with Crippen molar-refractivity contribution < 1.29 is 9.52 Å². The van der Waals surface area contributed by atoms with Gasteiger partial charge in [-0.2, -0.15) is 4.73 Å². The summed E-state index contributed by atoms with van der Waals surface area (Å²) < 4.78 is 0.733. The Balaban J connectivity index is 1.90. The van der Waals surface area contributed by atoms with Crippen molar-refractivity contribution in [1.82, 2.24) is 0 Å². The molecule has 2 aromatic rings. The first kappa shape index (κ1) is 13.7. The Kier molecular flexibility index (Phi) is 4.65. The van der Waals surface area contributed by atoms with Gasteiger partial charge in [-0.3, -0.25) is 4.79 Å². The maximum Gasteiger partial charge on any atom is 0.251 e. The molecule has 19 heavy (non-hydrogen) atoms. The number of hydrogen-bond donors (Lipinski definition) is 1. The molecule has 0 fully saturated rings. The number of hydrogen-bond acceptors (Lipinski definition) is 3. The van der Waals surface area contributed by atoms with Crippen molar-refractivity contribution in [2.75, 3.05) is 11.1 Å².